The van der Waals surface area contributed by atoms with E-state index in [9.17, 15) is 8.42 Å². The second-order valence-corrected chi connectivity index (χ2v) is 6.74. The summed E-state index contributed by atoms with van der Waals surface area (Å²) in [6.07, 6.45) is 4.36. The minimum Gasteiger partial charge on any atom is -0.262 e. The van der Waals surface area contributed by atoms with Crippen LogP contribution < -0.4 is 0 Å². The molecule has 0 aliphatic carbocycles. The van der Waals surface area contributed by atoms with Crippen molar-refractivity contribution in [3.63, 3.8) is 0 Å². The third-order valence-corrected chi connectivity index (χ3v) is 4.32. The highest BCUT2D eigenvalue weighted by Crippen LogP contribution is 2.31. The van der Waals surface area contributed by atoms with Gasteiger partial charge in [0.15, 0.2) is 5.15 Å². The van der Waals surface area contributed by atoms with Gasteiger partial charge in [-0.25, -0.2) is 13.1 Å². The number of aromatic nitrogens is 3. The maximum atomic E-state index is 11.6. The van der Waals surface area contributed by atoms with Gasteiger partial charge in [0.05, 0.1) is 17.6 Å². The molecule has 0 fully saturated rings. The van der Waals surface area contributed by atoms with E-state index in [2.05, 4.69) is 10.1 Å². The fourth-order valence-electron chi connectivity index (χ4n) is 1.72. The molecule has 2 aromatic heterocycles. The van der Waals surface area contributed by atoms with Crippen molar-refractivity contribution in [2.24, 2.45) is 0 Å². The molecule has 19 heavy (non-hydrogen) atoms. The predicted octanol–water partition coefficient (Wildman–Crippen LogP) is 2.80. The molecule has 0 aliphatic heterocycles. The van der Waals surface area contributed by atoms with Gasteiger partial charge in [-0.05, 0) is 18.6 Å². The first-order valence-electron chi connectivity index (χ1n) is 5.57. The van der Waals surface area contributed by atoms with E-state index in [1.807, 2.05) is 6.92 Å². The monoisotopic (exact) mass is 319 g/mol. The summed E-state index contributed by atoms with van der Waals surface area (Å²) in [6, 6.07) is 3.44. The molecule has 102 valence electrons. The Hall–Kier alpha value is -1.11. The van der Waals surface area contributed by atoms with Crippen LogP contribution in [-0.2, 0) is 15.5 Å². The third-order valence-electron chi connectivity index (χ3n) is 2.48. The van der Waals surface area contributed by atoms with Gasteiger partial charge in [-0.1, -0.05) is 24.9 Å². The Morgan fingerprint density at radius 3 is 2.68 bits per heavy atom. The summed E-state index contributed by atoms with van der Waals surface area (Å²) < 4.78 is 24.5. The standard InChI is InChI=1S/C11H11Cl2N3O2S/c1-2-4-9-10(19(13,17)18)11(12)16(15-9)8-5-3-6-14-7-8/h3,5-7H,2,4H2,1H3. The zero-order valence-electron chi connectivity index (χ0n) is 10.0. The first-order chi connectivity index (χ1) is 8.95. The molecule has 5 nitrogen and oxygen atoms in total. The van der Waals surface area contributed by atoms with Gasteiger partial charge in [0.1, 0.15) is 4.90 Å². The fraction of sp³-hybridized carbons (Fsp3) is 0.273. The lowest BCUT2D eigenvalue weighted by Crippen LogP contribution is -1.97. The van der Waals surface area contributed by atoms with Gasteiger partial charge in [0.25, 0.3) is 9.05 Å². The van der Waals surface area contributed by atoms with Crippen molar-refractivity contribution >= 4 is 31.3 Å². The van der Waals surface area contributed by atoms with Crippen molar-refractivity contribution in [1.82, 2.24) is 14.8 Å². The maximum absolute atomic E-state index is 11.6. The highest BCUT2D eigenvalue weighted by Gasteiger charge is 2.26. The second-order valence-electron chi connectivity index (χ2n) is 3.88. The minimum absolute atomic E-state index is 0.0218. The summed E-state index contributed by atoms with van der Waals surface area (Å²) in [5, 5.41) is 4.20. The summed E-state index contributed by atoms with van der Waals surface area (Å²) >= 11 is 6.09. The zero-order chi connectivity index (χ0) is 14.0. The maximum Gasteiger partial charge on any atom is 0.266 e. The molecule has 0 amide bonds. The summed E-state index contributed by atoms with van der Waals surface area (Å²) in [6.45, 7) is 1.92. The van der Waals surface area contributed by atoms with Crippen LogP contribution in [0.5, 0.6) is 0 Å². The van der Waals surface area contributed by atoms with E-state index in [-0.39, 0.29) is 10.0 Å². The molecule has 0 radical (unpaired) electrons. The zero-order valence-corrected chi connectivity index (χ0v) is 12.4. The van der Waals surface area contributed by atoms with Gasteiger partial charge in [-0.15, -0.1) is 0 Å². The summed E-state index contributed by atoms with van der Waals surface area (Å²) in [5.74, 6) is 0. The Bertz CT molecular complexity index is 683. The van der Waals surface area contributed by atoms with Gasteiger partial charge < -0.3 is 0 Å². The average Bonchev–Trinajstić information content (AvgIpc) is 2.67. The first-order valence-corrected chi connectivity index (χ1v) is 8.26. The fourth-order valence-corrected chi connectivity index (χ4v) is 3.58. The summed E-state index contributed by atoms with van der Waals surface area (Å²) in [4.78, 5) is 3.82. The van der Waals surface area contributed by atoms with Crippen molar-refractivity contribution in [1.29, 1.82) is 0 Å². The first kappa shape index (κ1) is 14.3. The van der Waals surface area contributed by atoms with Crippen LogP contribution in [-0.4, -0.2) is 23.2 Å². The molecule has 0 N–H and O–H groups in total. The molecule has 0 bridgehead atoms. The molecule has 8 heteroatoms. The smallest absolute Gasteiger partial charge is 0.262 e. The molecule has 0 saturated heterocycles. The number of hydrogen-bond donors (Lipinski definition) is 0. The summed E-state index contributed by atoms with van der Waals surface area (Å²) in [5.41, 5.74) is 0.947. The van der Waals surface area contributed by atoms with Gasteiger partial charge in [-0.3, -0.25) is 4.98 Å². The highest BCUT2D eigenvalue weighted by atomic mass is 35.7. The molecule has 0 spiro atoms. The highest BCUT2D eigenvalue weighted by molar-refractivity contribution is 8.13. The van der Waals surface area contributed by atoms with Crippen LogP contribution >= 0.6 is 22.3 Å². The van der Waals surface area contributed by atoms with E-state index in [1.165, 1.54) is 4.68 Å². The Morgan fingerprint density at radius 2 is 2.16 bits per heavy atom. The summed E-state index contributed by atoms with van der Waals surface area (Å²) in [7, 11) is 1.49. The Balaban J connectivity index is 2.66. The van der Waals surface area contributed by atoms with Crippen LogP contribution in [0.1, 0.15) is 19.0 Å². The number of pyridine rings is 1. The van der Waals surface area contributed by atoms with Crippen LogP contribution in [0.3, 0.4) is 0 Å². The van der Waals surface area contributed by atoms with E-state index in [0.29, 0.717) is 17.8 Å². The normalized spacial score (nSPS) is 11.7. The Kier molecular flexibility index (Phi) is 4.13. The SMILES string of the molecule is CCCc1nn(-c2cccnc2)c(Cl)c1S(=O)(=O)Cl. The van der Waals surface area contributed by atoms with E-state index < -0.39 is 9.05 Å². The minimum atomic E-state index is -3.94. The van der Waals surface area contributed by atoms with Gasteiger partial charge in [0, 0.05) is 16.9 Å². The van der Waals surface area contributed by atoms with Gasteiger partial charge in [0.2, 0.25) is 0 Å². The topological polar surface area (TPSA) is 64.8 Å². The molecule has 0 unspecified atom stereocenters. The van der Waals surface area contributed by atoms with Crippen molar-refractivity contribution < 1.29 is 8.42 Å². The van der Waals surface area contributed by atoms with Crippen molar-refractivity contribution in [2.75, 3.05) is 0 Å². The van der Waals surface area contributed by atoms with E-state index >= 15 is 0 Å². The second kappa shape index (κ2) is 5.48. The van der Waals surface area contributed by atoms with Crippen molar-refractivity contribution in [3.8, 4) is 5.69 Å². The van der Waals surface area contributed by atoms with Crippen LogP contribution in [0.4, 0.5) is 0 Å². The number of aryl methyl sites for hydroxylation is 1. The molecule has 0 aromatic carbocycles. The van der Waals surface area contributed by atoms with Crippen LogP contribution in [0.25, 0.3) is 5.69 Å². The third kappa shape index (κ3) is 2.91. The van der Waals surface area contributed by atoms with Crippen LogP contribution in [0.15, 0.2) is 29.4 Å². The number of halogens is 2. The van der Waals surface area contributed by atoms with E-state index in [1.54, 1.807) is 24.5 Å². The number of nitrogens with zero attached hydrogens (tertiary/aromatic N) is 3. The molecule has 2 heterocycles. The molecule has 0 aliphatic rings. The molecule has 0 atom stereocenters. The van der Waals surface area contributed by atoms with Crippen LogP contribution in [0, 0.1) is 0 Å². The van der Waals surface area contributed by atoms with Crippen molar-refractivity contribution in [2.45, 2.75) is 24.7 Å². The predicted molar refractivity (Wildman–Crippen MR) is 73.4 cm³/mol. The Morgan fingerprint density at radius 1 is 1.42 bits per heavy atom. The van der Waals surface area contributed by atoms with E-state index in [0.717, 1.165) is 6.42 Å². The van der Waals surface area contributed by atoms with Crippen LogP contribution in [0.2, 0.25) is 5.15 Å². The van der Waals surface area contributed by atoms with E-state index in [4.69, 9.17) is 22.3 Å². The van der Waals surface area contributed by atoms with Crippen molar-refractivity contribution in [3.05, 3.63) is 35.4 Å². The molecule has 0 saturated carbocycles. The lowest BCUT2D eigenvalue weighted by molar-refractivity contribution is 0.608. The lowest BCUT2D eigenvalue weighted by atomic mass is 10.2. The largest absolute Gasteiger partial charge is 0.266 e. The molecular weight excluding hydrogens is 309 g/mol. The Labute approximate surface area is 120 Å². The average molecular weight is 320 g/mol. The van der Waals surface area contributed by atoms with Gasteiger partial charge in [-0.2, -0.15) is 5.10 Å². The molecule has 2 aromatic rings. The lowest BCUT2D eigenvalue weighted by Gasteiger charge is -2.01. The number of hydrogen-bond acceptors (Lipinski definition) is 4. The number of rotatable bonds is 4. The quantitative estimate of drug-likeness (QED) is 0.813. The molecular formula is C11H11Cl2N3O2S. The molecule has 2 rings (SSSR count). The van der Waals surface area contributed by atoms with Gasteiger partial charge >= 0.3 is 0 Å².